The Kier molecular flexibility index (Phi) is 4.08. The first-order chi connectivity index (χ1) is 14.1. The minimum Gasteiger partial charge on any atom is -0.337 e. The normalized spacial score (nSPS) is 22.4. The SMILES string of the molecule is CN1C(=O)[C@@H](NC(=O)c2nnc(Cc3ccccc3)[nH]2)C2CC2c2nccnc21. The molecule has 2 unspecified atom stereocenters. The number of fused-ring (bicyclic) bond motifs is 3. The average Bonchev–Trinajstić information content (AvgIpc) is 3.41. The summed E-state index contributed by atoms with van der Waals surface area (Å²) in [4.78, 5) is 38.8. The summed E-state index contributed by atoms with van der Waals surface area (Å²) in [6, 6.07) is 9.15. The van der Waals surface area contributed by atoms with Crippen LogP contribution in [0.4, 0.5) is 5.82 Å². The van der Waals surface area contributed by atoms with Crippen LogP contribution in [0.15, 0.2) is 42.7 Å². The number of rotatable bonds is 4. The van der Waals surface area contributed by atoms with Gasteiger partial charge in [-0.25, -0.2) is 4.98 Å². The van der Waals surface area contributed by atoms with Gasteiger partial charge < -0.3 is 10.3 Å². The molecule has 1 aliphatic heterocycles. The fourth-order valence-electron chi connectivity index (χ4n) is 3.90. The molecule has 1 saturated carbocycles. The second-order valence-electron chi connectivity index (χ2n) is 7.40. The smallest absolute Gasteiger partial charge is 0.289 e. The Morgan fingerprint density at radius 3 is 2.83 bits per heavy atom. The number of benzene rings is 1. The summed E-state index contributed by atoms with van der Waals surface area (Å²) >= 11 is 0. The van der Waals surface area contributed by atoms with Crippen molar-refractivity contribution < 1.29 is 9.59 Å². The zero-order valence-corrected chi connectivity index (χ0v) is 15.7. The number of carbonyl (C=O) groups excluding carboxylic acids is 2. The molecule has 9 heteroatoms. The van der Waals surface area contributed by atoms with Gasteiger partial charge in [-0.15, -0.1) is 10.2 Å². The molecule has 9 nitrogen and oxygen atoms in total. The first kappa shape index (κ1) is 17.5. The maximum Gasteiger partial charge on any atom is 0.289 e. The third kappa shape index (κ3) is 3.14. The molecular formula is C20H19N7O2. The van der Waals surface area contributed by atoms with Gasteiger partial charge in [0, 0.05) is 31.8 Å². The number of nitrogens with zero attached hydrogens (tertiary/aromatic N) is 5. The second-order valence-corrected chi connectivity index (χ2v) is 7.40. The minimum absolute atomic E-state index is 0.0126. The predicted molar refractivity (Wildman–Crippen MR) is 103 cm³/mol. The molecule has 3 atom stereocenters. The van der Waals surface area contributed by atoms with Crippen molar-refractivity contribution in [1.29, 1.82) is 0 Å². The van der Waals surface area contributed by atoms with Crippen LogP contribution < -0.4 is 10.2 Å². The van der Waals surface area contributed by atoms with E-state index in [0.29, 0.717) is 18.1 Å². The van der Waals surface area contributed by atoms with E-state index < -0.39 is 11.9 Å². The quantitative estimate of drug-likeness (QED) is 0.689. The van der Waals surface area contributed by atoms with Gasteiger partial charge in [0.1, 0.15) is 11.9 Å². The van der Waals surface area contributed by atoms with Gasteiger partial charge in [0.2, 0.25) is 5.82 Å². The van der Waals surface area contributed by atoms with Crippen LogP contribution in [0.2, 0.25) is 0 Å². The average molecular weight is 389 g/mol. The van der Waals surface area contributed by atoms with E-state index in [1.54, 1.807) is 19.4 Å². The van der Waals surface area contributed by atoms with Crippen LogP contribution >= 0.6 is 0 Å². The number of likely N-dealkylation sites (N-methyl/N-ethyl adjacent to an activating group) is 1. The number of anilines is 1. The molecule has 3 heterocycles. The zero-order chi connectivity index (χ0) is 20.0. The van der Waals surface area contributed by atoms with Gasteiger partial charge in [-0.3, -0.25) is 19.5 Å². The van der Waals surface area contributed by atoms with Crippen LogP contribution in [0.25, 0.3) is 0 Å². The first-order valence-corrected chi connectivity index (χ1v) is 9.46. The molecule has 0 saturated heterocycles. The third-order valence-corrected chi connectivity index (χ3v) is 5.49. The molecule has 1 aromatic carbocycles. The van der Waals surface area contributed by atoms with Crippen LogP contribution in [-0.2, 0) is 11.2 Å². The molecule has 2 amide bonds. The van der Waals surface area contributed by atoms with Gasteiger partial charge >= 0.3 is 0 Å². The lowest BCUT2D eigenvalue weighted by atomic mass is 10.1. The molecule has 3 aromatic rings. The molecule has 5 rings (SSSR count). The van der Waals surface area contributed by atoms with E-state index in [4.69, 9.17) is 0 Å². The summed E-state index contributed by atoms with van der Waals surface area (Å²) in [5.41, 5.74) is 1.88. The Balaban J connectivity index is 1.32. The maximum atomic E-state index is 13.0. The molecule has 0 radical (unpaired) electrons. The van der Waals surface area contributed by atoms with Crippen molar-refractivity contribution in [2.45, 2.75) is 24.8 Å². The van der Waals surface area contributed by atoms with Crippen molar-refractivity contribution >= 4 is 17.6 Å². The van der Waals surface area contributed by atoms with E-state index in [-0.39, 0.29) is 23.6 Å². The lowest BCUT2D eigenvalue weighted by Gasteiger charge is -2.22. The van der Waals surface area contributed by atoms with Crippen LogP contribution in [0.1, 0.15) is 40.0 Å². The molecule has 29 heavy (non-hydrogen) atoms. The van der Waals surface area contributed by atoms with Gasteiger partial charge in [-0.2, -0.15) is 0 Å². The fourth-order valence-corrected chi connectivity index (χ4v) is 3.90. The number of hydrogen-bond donors (Lipinski definition) is 2. The first-order valence-electron chi connectivity index (χ1n) is 9.46. The summed E-state index contributed by atoms with van der Waals surface area (Å²) < 4.78 is 0. The van der Waals surface area contributed by atoms with Crippen molar-refractivity contribution in [3.8, 4) is 0 Å². The number of hydrogen-bond acceptors (Lipinski definition) is 6. The highest BCUT2D eigenvalue weighted by molar-refractivity contribution is 6.02. The van der Waals surface area contributed by atoms with Crippen LogP contribution in [0.3, 0.4) is 0 Å². The number of nitrogens with one attached hydrogen (secondary N) is 2. The van der Waals surface area contributed by atoms with Crippen molar-refractivity contribution in [2.75, 3.05) is 11.9 Å². The highest BCUT2D eigenvalue weighted by Gasteiger charge is 2.53. The third-order valence-electron chi connectivity index (χ3n) is 5.49. The van der Waals surface area contributed by atoms with Crippen molar-refractivity contribution in [2.24, 2.45) is 5.92 Å². The molecular weight excluding hydrogens is 370 g/mol. The molecule has 1 aliphatic carbocycles. The molecule has 2 aromatic heterocycles. The van der Waals surface area contributed by atoms with Gasteiger partial charge in [-0.1, -0.05) is 30.3 Å². The number of amides is 2. The highest BCUT2D eigenvalue weighted by Crippen LogP contribution is 2.53. The summed E-state index contributed by atoms with van der Waals surface area (Å²) in [6.07, 6.45) is 4.55. The molecule has 146 valence electrons. The Bertz CT molecular complexity index is 1080. The van der Waals surface area contributed by atoms with E-state index >= 15 is 0 Å². The van der Waals surface area contributed by atoms with Crippen LogP contribution in [-0.4, -0.2) is 50.1 Å². The van der Waals surface area contributed by atoms with E-state index in [2.05, 4.69) is 30.5 Å². The van der Waals surface area contributed by atoms with Crippen molar-refractivity contribution in [3.05, 3.63) is 65.6 Å². The number of aromatic amines is 1. The fraction of sp³-hybridized carbons (Fsp3) is 0.300. The summed E-state index contributed by atoms with van der Waals surface area (Å²) in [5.74, 6) is 0.749. The molecule has 2 aliphatic rings. The summed E-state index contributed by atoms with van der Waals surface area (Å²) in [7, 11) is 1.66. The number of H-pyrrole nitrogens is 1. The maximum absolute atomic E-state index is 13.0. The van der Waals surface area contributed by atoms with Crippen LogP contribution in [0, 0.1) is 5.92 Å². The lowest BCUT2D eigenvalue weighted by molar-refractivity contribution is -0.120. The van der Waals surface area contributed by atoms with E-state index in [0.717, 1.165) is 17.7 Å². The topological polar surface area (TPSA) is 117 Å². The van der Waals surface area contributed by atoms with Crippen molar-refractivity contribution in [1.82, 2.24) is 30.5 Å². The minimum atomic E-state index is -0.642. The van der Waals surface area contributed by atoms with Crippen LogP contribution in [0.5, 0.6) is 0 Å². The van der Waals surface area contributed by atoms with Gasteiger partial charge in [0.25, 0.3) is 11.8 Å². The summed E-state index contributed by atoms with van der Waals surface area (Å²) in [5, 5.41) is 10.9. The number of aromatic nitrogens is 5. The highest BCUT2D eigenvalue weighted by atomic mass is 16.2. The van der Waals surface area contributed by atoms with E-state index in [1.165, 1.54) is 4.90 Å². The lowest BCUT2D eigenvalue weighted by Crippen LogP contribution is -2.48. The molecule has 0 spiro atoms. The summed E-state index contributed by atoms with van der Waals surface area (Å²) in [6.45, 7) is 0. The zero-order valence-electron chi connectivity index (χ0n) is 15.7. The molecule has 0 bridgehead atoms. The van der Waals surface area contributed by atoms with Crippen molar-refractivity contribution in [3.63, 3.8) is 0 Å². The second kappa shape index (κ2) is 6.77. The number of carbonyl (C=O) groups is 2. The monoisotopic (exact) mass is 389 g/mol. The Morgan fingerprint density at radius 2 is 2.00 bits per heavy atom. The van der Waals surface area contributed by atoms with E-state index in [1.807, 2.05) is 30.3 Å². The van der Waals surface area contributed by atoms with Gasteiger partial charge in [-0.05, 0) is 17.9 Å². The van der Waals surface area contributed by atoms with E-state index in [9.17, 15) is 9.59 Å². The Morgan fingerprint density at radius 1 is 1.21 bits per heavy atom. The standard InChI is InChI=1S/C20H19N7O2/c1-27-18-15(21-7-8-22-18)12-10-13(12)16(20(27)29)24-19(28)17-23-14(25-26-17)9-11-5-3-2-4-6-11/h2-8,12-13,16H,9-10H2,1H3,(H,24,28)(H,23,25,26)/t12?,13?,16-/m0/s1. The largest absolute Gasteiger partial charge is 0.337 e. The predicted octanol–water partition coefficient (Wildman–Crippen LogP) is 1.06. The van der Waals surface area contributed by atoms with Gasteiger partial charge in [0.05, 0.1) is 5.69 Å². The van der Waals surface area contributed by atoms with Gasteiger partial charge in [0.15, 0.2) is 5.82 Å². The Labute approximate surface area is 166 Å². The molecule has 2 N–H and O–H groups in total. The Hall–Kier alpha value is -3.62. The molecule has 1 fully saturated rings.